The molecule has 4 rings (SSSR count). The SMILES string of the molecule is Cc1cc(C2CCN(C(=O)OC(C)(C)C)C2)c(CO)cc1-c1ccccc1C1CC1. The van der Waals surface area contributed by atoms with E-state index < -0.39 is 5.60 Å². The highest BCUT2D eigenvalue weighted by Gasteiger charge is 2.32. The summed E-state index contributed by atoms with van der Waals surface area (Å²) in [5, 5.41) is 10.2. The molecule has 1 atom stereocenters. The van der Waals surface area contributed by atoms with Gasteiger partial charge in [-0.05, 0) is 92.3 Å². The van der Waals surface area contributed by atoms with Crippen LogP contribution in [0.15, 0.2) is 36.4 Å². The Morgan fingerprint density at radius 1 is 1.07 bits per heavy atom. The predicted octanol–water partition coefficient (Wildman–Crippen LogP) is 5.76. The highest BCUT2D eigenvalue weighted by molar-refractivity contribution is 5.73. The molecule has 0 aromatic heterocycles. The molecule has 1 N–H and O–H groups in total. The number of carbonyl (C=O) groups is 1. The molecule has 2 fully saturated rings. The molecule has 1 aliphatic heterocycles. The number of ether oxygens (including phenoxy) is 1. The third-order valence-corrected chi connectivity index (χ3v) is 6.20. The fourth-order valence-electron chi connectivity index (χ4n) is 4.58. The van der Waals surface area contributed by atoms with Crippen molar-refractivity contribution in [2.75, 3.05) is 13.1 Å². The lowest BCUT2D eigenvalue weighted by Gasteiger charge is -2.25. The van der Waals surface area contributed by atoms with E-state index in [0.29, 0.717) is 19.0 Å². The lowest BCUT2D eigenvalue weighted by Crippen LogP contribution is -2.35. The van der Waals surface area contributed by atoms with Gasteiger partial charge in [0, 0.05) is 19.0 Å². The summed E-state index contributed by atoms with van der Waals surface area (Å²) < 4.78 is 5.54. The Morgan fingerprint density at radius 2 is 1.80 bits per heavy atom. The van der Waals surface area contributed by atoms with Gasteiger partial charge in [-0.1, -0.05) is 30.3 Å². The number of rotatable bonds is 4. The highest BCUT2D eigenvalue weighted by atomic mass is 16.6. The number of likely N-dealkylation sites (tertiary alicyclic amines) is 1. The van der Waals surface area contributed by atoms with Gasteiger partial charge in [-0.15, -0.1) is 0 Å². The smallest absolute Gasteiger partial charge is 0.410 e. The number of amides is 1. The number of hydrogen-bond acceptors (Lipinski definition) is 3. The summed E-state index contributed by atoms with van der Waals surface area (Å²) >= 11 is 0. The van der Waals surface area contributed by atoms with Crippen LogP contribution in [0, 0.1) is 6.92 Å². The van der Waals surface area contributed by atoms with E-state index in [9.17, 15) is 9.90 Å². The second-order valence-corrected chi connectivity index (χ2v) is 9.80. The first kappa shape index (κ1) is 20.9. The van der Waals surface area contributed by atoms with Crippen LogP contribution in [-0.4, -0.2) is 34.8 Å². The molecule has 1 amide bonds. The number of aliphatic hydroxyl groups is 1. The molecule has 0 spiro atoms. The van der Waals surface area contributed by atoms with Crippen molar-refractivity contribution in [1.29, 1.82) is 0 Å². The summed E-state index contributed by atoms with van der Waals surface area (Å²) in [7, 11) is 0. The maximum absolute atomic E-state index is 12.5. The van der Waals surface area contributed by atoms with Crippen LogP contribution in [0.2, 0.25) is 0 Å². The Morgan fingerprint density at radius 3 is 2.47 bits per heavy atom. The van der Waals surface area contributed by atoms with E-state index >= 15 is 0 Å². The molecular formula is C26H33NO3. The fraction of sp³-hybridized carbons (Fsp3) is 0.500. The maximum atomic E-state index is 12.5. The molecule has 30 heavy (non-hydrogen) atoms. The Balaban J connectivity index is 1.60. The van der Waals surface area contributed by atoms with Gasteiger partial charge in [0.15, 0.2) is 0 Å². The zero-order valence-corrected chi connectivity index (χ0v) is 18.6. The quantitative estimate of drug-likeness (QED) is 0.701. The summed E-state index contributed by atoms with van der Waals surface area (Å²) in [5.74, 6) is 0.904. The van der Waals surface area contributed by atoms with Gasteiger partial charge >= 0.3 is 6.09 Å². The van der Waals surface area contributed by atoms with Crippen LogP contribution < -0.4 is 0 Å². The minimum atomic E-state index is -0.487. The summed E-state index contributed by atoms with van der Waals surface area (Å²) in [4.78, 5) is 14.3. The summed E-state index contributed by atoms with van der Waals surface area (Å²) in [6, 6.07) is 13.1. The second kappa shape index (κ2) is 8.07. The summed E-state index contributed by atoms with van der Waals surface area (Å²) in [5.41, 5.74) is 6.80. The molecule has 2 aliphatic rings. The average molecular weight is 408 g/mol. The third-order valence-electron chi connectivity index (χ3n) is 6.20. The third kappa shape index (κ3) is 4.39. The van der Waals surface area contributed by atoms with Gasteiger partial charge in [-0.25, -0.2) is 4.79 Å². The first-order chi connectivity index (χ1) is 14.3. The van der Waals surface area contributed by atoms with Crippen molar-refractivity contribution in [3.63, 3.8) is 0 Å². The lowest BCUT2D eigenvalue weighted by atomic mass is 9.86. The number of nitrogens with zero attached hydrogens (tertiary/aromatic N) is 1. The largest absolute Gasteiger partial charge is 0.444 e. The Hall–Kier alpha value is -2.33. The van der Waals surface area contributed by atoms with Gasteiger partial charge in [-0.2, -0.15) is 0 Å². The monoisotopic (exact) mass is 407 g/mol. The minimum absolute atomic E-state index is 0.0111. The molecule has 1 saturated heterocycles. The van der Waals surface area contributed by atoms with Crippen LogP contribution in [0.1, 0.15) is 74.1 Å². The van der Waals surface area contributed by atoms with E-state index in [4.69, 9.17) is 4.74 Å². The first-order valence-corrected chi connectivity index (χ1v) is 11.1. The second-order valence-electron chi connectivity index (χ2n) is 9.80. The van der Waals surface area contributed by atoms with Crippen molar-refractivity contribution >= 4 is 6.09 Å². The van der Waals surface area contributed by atoms with Crippen LogP contribution >= 0.6 is 0 Å². The van der Waals surface area contributed by atoms with Crippen LogP contribution in [0.3, 0.4) is 0 Å². The summed E-state index contributed by atoms with van der Waals surface area (Å²) in [6.45, 7) is 9.17. The standard InChI is InChI=1S/C26H33NO3/c1-17-13-24(19-11-12-27(15-19)25(29)30-26(2,3)4)20(16-28)14-23(17)22-8-6-5-7-21(22)18-9-10-18/h5-8,13-14,18-19,28H,9-12,15-16H2,1-4H3. The molecule has 4 heteroatoms. The molecule has 4 nitrogen and oxygen atoms in total. The molecule has 0 radical (unpaired) electrons. The Kier molecular flexibility index (Phi) is 5.63. The first-order valence-electron chi connectivity index (χ1n) is 11.1. The number of aliphatic hydroxyl groups excluding tert-OH is 1. The maximum Gasteiger partial charge on any atom is 0.410 e. The molecule has 1 saturated carbocycles. The lowest BCUT2D eigenvalue weighted by molar-refractivity contribution is 0.0292. The molecular weight excluding hydrogens is 374 g/mol. The van der Waals surface area contributed by atoms with Crippen molar-refractivity contribution in [1.82, 2.24) is 4.90 Å². The van der Waals surface area contributed by atoms with E-state index in [1.807, 2.05) is 20.8 Å². The van der Waals surface area contributed by atoms with Gasteiger partial charge in [-0.3, -0.25) is 0 Å². The fourth-order valence-corrected chi connectivity index (χ4v) is 4.58. The van der Waals surface area contributed by atoms with Gasteiger partial charge in [0.25, 0.3) is 0 Å². The Labute approximate surface area is 179 Å². The predicted molar refractivity (Wildman–Crippen MR) is 120 cm³/mol. The van der Waals surface area contributed by atoms with Gasteiger partial charge in [0.2, 0.25) is 0 Å². The van der Waals surface area contributed by atoms with Crippen LogP contribution in [0.25, 0.3) is 11.1 Å². The Bertz CT molecular complexity index is 940. The van der Waals surface area contributed by atoms with Gasteiger partial charge < -0.3 is 14.7 Å². The average Bonchev–Trinajstić information content (AvgIpc) is 3.42. The topological polar surface area (TPSA) is 49.8 Å². The van der Waals surface area contributed by atoms with Gasteiger partial charge in [0.1, 0.15) is 5.60 Å². The molecule has 160 valence electrons. The zero-order valence-electron chi connectivity index (χ0n) is 18.6. The molecule has 1 aliphatic carbocycles. The minimum Gasteiger partial charge on any atom is -0.444 e. The van der Waals surface area contributed by atoms with E-state index in [-0.39, 0.29) is 18.6 Å². The molecule has 1 unspecified atom stereocenters. The van der Waals surface area contributed by atoms with Crippen LogP contribution in [0.4, 0.5) is 4.79 Å². The van der Waals surface area contributed by atoms with Crippen molar-refractivity contribution < 1.29 is 14.6 Å². The van der Waals surface area contributed by atoms with E-state index in [2.05, 4.69) is 43.3 Å². The van der Waals surface area contributed by atoms with E-state index in [0.717, 1.165) is 17.5 Å². The number of benzene rings is 2. The van der Waals surface area contributed by atoms with E-state index in [1.165, 1.54) is 35.1 Å². The molecule has 2 aromatic rings. The number of aryl methyl sites for hydroxylation is 1. The normalized spacial score (nSPS) is 19.2. The molecule has 0 bridgehead atoms. The molecule has 1 heterocycles. The van der Waals surface area contributed by atoms with E-state index in [1.54, 1.807) is 4.90 Å². The van der Waals surface area contributed by atoms with Crippen molar-refractivity contribution in [2.24, 2.45) is 0 Å². The number of carbonyl (C=O) groups excluding carboxylic acids is 1. The van der Waals surface area contributed by atoms with Crippen molar-refractivity contribution in [3.05, 3.63) is 58.7 Å². The van der Waals surface area contributed by atoms with Crippen LogP contribution in [-0.2, 0) is 11.3 Å². The zero-order chi connectivity index (χ0) is 21.5. The van der Waals surface area contributed by atoms with Gasteiger partial charge in [0.05, 0.1) is 6.61 Å². The van der Waals surface area contributed by atoms with Crippen LogP contribution in [0.5, 0.6) is 0 Å². The summed E-state index contributed by atoms with van der Waals surface area (Å²) in [6.07, 6.45) is 3.18. The molecule has 2 aromatic carbocycles. The number of hydrogen-bond donors (Lipinski definition) is 1. The highest BCUT2D eigenvalue weighted by Crippen LogP contribution is 2.45. The van der Waals surface area contributed by atoms with Crippen molar-refractivity contribution in [2.45, 2.75) is 71.0 Å². The van der Waals surface area contributed by atoms with Crippen molar-refractivity contribution in [3.8, 4) is 11.1 Å².